The second kappa shape index (κ2) is 3.62. The quantitative estimate of drug-likeness (QED) is 0.824. The Bertz CT molecular complexity index is 508. The Kier molecular flexibility index (Phi) is 2.47. The molecule has 2 aliphatic rings. The zero-order valence-corrected chi connectivity index (χ0v) is 12.3. The molecule has 2 saturated carbocycles. The molecule has 0 amide bonds. The van der Waals surface area contributed by atoms with Crippen LogP contribution < -0.4 is 0 Å². The Balaban J connectivity index is 1.95. The van der Waals surface area contributed by atoms with Crippen molar-refractivity contribution < 1.29 is 4.79 Å². The van der Waals surface area contributed by atoms with Gasteiger partial charge in [-0.3, -0.25) is 4.79 Å². The van der Waals surface area contributed by atoms with Gasteiger partial charge in [0.15, 0.2) is 5.16 Å². The van der Waals surface area contributed by atoms with Crippen LogP contribution in [0, 0.1) is 16.7 Å². The van der Waals surface area contributed by atoms with Crippen molar-refractivity contribution in [2.24, 2.45) is 23.8 Å². The molecule has 0 N–H and O–H groups in total. The zero-order chi connectivity index (χ0) is 13.1. The molecule has 4 heteroatoms. The minimum absolute atomic E-state index is 0.0762. The SMILES string of the molecule is Cn1ccnc1S[C@@H]1C(=O)[C@@H]2CC[C@@]1(C)C2(C)C. The van der Waals surface area contributed by atoms with Gasteiger partial charge in [0, 0.05) is 25.4 Å². The van der Waals surface area contributed by atoms with Gasteiger partial charge in [0.1, 0.15) is 5.78 Å². The van der Waals surface area contributed by atoms with Crippen LogP contribution in [-0.4, -0.2) is 20.6 Å². The number of rotatable bonds is 2. The second-order valence-corrected chi connectivity index (χ2v) is 7.52. The highest BCUT2D eigenvalue weighted by Crippen LogP contribution is 2.67. The zero-order valence-electron chi connectivity index (χ0n) is 11.4. The van der Waals surface area contributed by atoms with Gasteiger partial charge in [-0.2, -0.15) is 0 Å². The summed E-state index contributed by atoms with van der Waals surface area (Å²) in [7, 11) is 1.99. The summed E-state index contributed by atoms with van der Waals surface area (Å²) in [4.78, 5) is 16.9. The number of carbonyl (C=O) groups is 1. The highest BCUT2D eigenvalue weighted by atomic mass is 32.2. The van der Waals surface area contributed by atoms with Gasteiger partial charge in [0.25, 0.3) is 0 Å². The number of imidazole rings is 1. The topological polar surface area (TPSA) is 34.9 Å². The van der Waals surface area contributed by atoms with Crippen molar-refractivity contribution in [3.63, 3.8) is 0 Å². The number of thioether (sulfide) groups is 1. The number of ketones is 1. The average Bonchev–Trinajstić information content (AvgIpc) is 2.82. The van der Waals surface area contributed by atoms with Gasteiger partial charge >= 0.3 is 0 Å². The molecule has 0 saturated heterocycles. The fourth-order valence-corrected chi connectivity index (χ4v) is 5.27. The summed E-state index contributed by atoms with van der Waals surface area (Å²) >= 11 is 1.66. The number of hydrogen-bond acceptors (Lipinski definition) is 3. The first-order valence-corrected chi connectivity index (χ1v) is 7.43. The van der Waals surface area contributed by atoms with E-state index in [0.29, 0.717) is 5.78 Å². The first kappa shape index (κ1) is 12.3. The molecule has 2 bridgehead atoms. The van der Waals surface area contributed by atoms with Crippen molar-refractivity contribution in [3.8, 4) is 0 Å². The number of aromatic nitrogens is 2. The predicted octanol–water partition coefficient (Wildman–Crippen LogP) is 2.91. The number of hydrogen-bond donors (Lipinski definition) is 0. The molecule has 3 atom stereocenters. The van der Waals surface area contributed by atoms with E-state index >= 15 is 0 Å². The van der Waals surface area contributed by atoms with E-state index in [-0.39, 0.29) is 22.0 Å². The fraction of sp³-hybridized carbons (Fsp3) is 0.714. The molecular formula is C14H20N2OS. The van der Waals surface area contributed by atoms with Crippen LogP contribution in [0.3, 0.4) is 0 Å². The van der Waals surface area contributed by atoms with Gasteiger partial charge in [-0.15, -0.1) is 0 Å². The Morgan fingerprint density at radius 1 is 1.44 bits per heavy atom. The lowest BCUT2D eigenvalue weighted by atomic mass is 9.71. The number of nitrogens with zero attached hydrogens (tertiary/aromatic N) is 2. The van der Waals surface area contributed by atoms with Crippen LogP contribution in [0.2, 0.25) is 0 Å². The maximum Gasteiger partial charge on any atom is 0.168 e. The van der Waals surface area contributed by atoms with E-state index in [2.05, 4.69) is 25.8 Å². The number of aryl methyl sites for hydroxylation is 1. The van der Waals surface area contributed by atoms with Crippen LogP contribution in [-0.2, 0) is 11.8 Å². The van der Waals surface area contributed by atoms with Crippen LogP contribution in [0.15, 0.2) is 17.6 Å². The van der Waals surface area contributed by atoms with E-state index in [0.717, 1.165) is 11.6 Å². The molecular weight excluding hydrogens is 244 g/mol. The molecule has 0 radical (unpaired) electrons. The standard InChI is InChI=1S/C14H20N2OS/c1-13(2)9-5-6-14(13,3)11(10(9)17)18-12-15-7-8-16(12)4/h7-9,11H,5-6H2,1-4H3/t9-,11+,14+/m0/s1. The summed E-state index contributed by atoms with van der Waals surface area (Å²) in [6.45, 7) is 6.82. The molecule has 0 unspecified atom stereocenters. The van der Waals surface area contributed by atoms with Crippen molar-refractivity contribution in [1.82, 2.24) is 9.55 Å². The van der Waals surface area contributed by atoms with Gasteiger partial charge in [-0.1, -0.05) is 32.5 Å². The predicted molar refractivity (Wildman–Crippen MR) is 72.5 cm³/mol. The van der Waals surface area contributed by atoms with Crippen LogP contribution in [0.4, 0.5) is 0 Å². The van der Waals surface area contributed by atoms with E-state index in [9.17, 15) is 4.79 Å². The third-order valence-electron chi connectivity index (χ3n) is 5.48. The minimum Gasteiger partial charge on any atom is -0.329 e. The smallest absolute Gasteiger partial charge is 0.168 e. The highest BCUT2D eigenvalue weighted by molar-refractivity contribution is 8.00. The third-order valence-corrected chi connectivity index (χ3v) is 7.07. The molecule has 2 aliphatic carbocycles. The molecule has 0 aromatic carbocycles. The molecule has 1 aromatic rings. The largest absolute Gasteiger partial charge is 0.329 e. The third kappa shape index (κ3) is 1.33. The Hall–Kier alpha value is -0.770. The molecule has 3 nitrogen and oxygen atoms in total. The summed E-state index contributed by atoms with van der Waals surface area (Å²) in [6, 6.07) is 0. The van der Waals surface area contributed by atoms with E-state index in [1.807, 2.05) is 17.8 Å². The number of fused-ring (bicyclic) bond motifs is 2. The lowest BCUT2D eigenvalue weighted by Crippen LogP contribution is -2.35. The Morgan fingerprint density at radius 2 is 2.17 bits per heavy atom. The lowest BCUT2D eigenvalue weighted by molar-refractivity contribution is -0.122. The molecule has 1 aromatic heterocycles. The van der Waals surface area contributed by atoms with Crippen molar-refractivity contribution in [2.75, 3.05) is 0 Å². The van der Waals surface area contributed by atoms with Crippen molar-refractivity contribution in [3.05, 3.63) is 12.4 Å². The normalized spacial score (nSPS) is 37.4. The maximum atomic E-state index is 12.6. The monoisotopic (exact) mass is 264 g/mol. The van der Waals surface area contributed by atoms with E-state index in [1.54, 1.807) is 18.0 Å². The average molecular weight is 264 g/mol. The van der Waals surface area contributed by atoms with Crippen LogP contribution in [0.25, 0.3) is 0 Å². The highest BCUT2D eigenvalue weighted by Gasteiger charge is 2.66. The van der Waals surface area contributed by atoms with Crippen LogP contribution in [0.1, 0.15) is 33.6 Å². The number of Topliss-reactive ketones (excluding diaryl/α,β-unsaturated/α-hetero) is 1. The van der Waals surface area contributed by atoms with Gasteiger partial charge in [0.2, 0.25) is 0 Å². The Morgan fingerprint density at radius 3 is 2.67 bits per heavy atom. The lowest BCUT2D eigenvalue weighted by Gasteiger charge is -2.37. The minimum atomic E-state index is 0.0762. The summed E-state index contributed by atoms with van der Waals surface area (Å²) < 4.78 is 2.00. The van der Waals surface area contributed by atoms with Gasteiger partial charge in [0.05, 0.1) is 5.25 Å². The number of carbonyl (C=O) groups excluding carboxylic acids is 1. The molecule has 3 rings (SSSR count). The molecule has 1 heterocycles. The van der Waals surface area contributed by atoms with Crippen molar-refractivity contribution in [1.29, 1.82) is 0 Å². The molecule has 0 spiro atoms. The van der Waals surface area contributed by atoms with Gasteiger partial charge < -0.3 is 4.57 Å². The van der Waals surface area contributed by atoms with Crippen molar-refractivity contribution in [2.45, 2.75) is 44.0 Å². The van der Waals surface area contributed by atoms with Gasteiger partial charge in [-0.25, -0.2) is 4.98 Å². The van der Waals surface area contributed by atoms with Crippen molar-refractivity contribution >= 4 is 17.5 Å². The van der Waals surface area contributed by atoms with E-state index in [1.165, 1.54) is 6.42 Å². The van der Waals surface area contributed by atoms with E-state index < -0.39 is 0 Å². The molecule has 0 aliphatic heterocycles. The van der Waals surface area contributed by atoms with Gasteiger partial charge in [-0.05, 0) is 23.7 Å². The van der Waals surface area contributed by atoms with Crippen LogP contribution >= 0.6 is 11.8 Å². The molecule has 98 valence electrons. The molecule has 2 fully saturated rings. The van der Waals surface area contributed by atoms with Crippen LogP contribution in [0.5, 0.6) is 0 Å². The Labute approximate surface area is 112 Å². The maximum absolute atomic E-state index is 12.6. The van der Waals surface area contributed by atoms with E-state index in [4.69, 9.17) is 0 Å². The fourth-order valence-electron chi connectivity index (χ4n) is 3.75. The first-order valence-electron chi connectivity index (χ1n) is 6.55. The summed E-state index contributed by atoms with van der Waals surface area (Å²) in [5.74, 6) is 0.696. The first-order chi connectivity index (χ1) is 8.38. The summed E-state index contributed by atoms with van der Waals surface area (Å²) in [6.07, 6.45) is 5.97. The second-order valence-electron chi connectivity index (χ2n) is 6.45. The summed E-state index contributed by atoms with van der Waals surface area (Å²) in [5, 5.41) is 1.03. The molecule has 18 heavy (non-hydrogen) atoms. The summed E-state index contributed by atoms with van der Waals surface area (Å²) in [5.41, 5.74) is 0.248.